The molecule has 84 valence electrons. The Balaban J connectivity index is 0.00000196. The molecule has 15 heavy (non-hydrogen) atoms. The Morgan fingerprint density at radius 1 is 1.33 bits per heavy atom. The zero-order valence-corrected chi connectivity index (χ0v) is 10.1. The summed E-state index contributed by atoms with van der Waals surface area (Å²) in [6.07, 6.45) is 4.97. The van der Waals surface area contributed by atoms with E-state index >= 15 is 0 Å². The lowest BCUT2D eigenvalue weighted by Gasteiger charge is -2.10. The van der Waals surface area contributed by atoms with E-state index < -0.39 is 0 Å². The van der Waals surface area contributed by atoms with Crippen LogP contribution in [0.3, 0.4) is 0 Å². The third-order valence-corrected chi connectivity index (χ3v) is 2.50. The van der Waals surface area contributed by atoms with Gasteiger partial charge < -0.3 is 5.73 Å². The number of nitrogens with two attached hydrogens (primary N) is 1. The molecule has 0 aromatic heterocycles. The van der Waals surface area contributed by atoms with E-state index in [-0.39, 0.29) is 18.4 Å². The summed E-state index contributed by atoms with van der Waals surface area (Å²) in [6, 6.07) is 8.73. The molecular weight excluding hydrogens is 206 g/mol. The van der Waals surface area contributed by atoms with Gasteiger partial charge in [-0.15, -0.1) is 19.0 Å². The quantitative estimate of drug-likeness (QED) is 0.761. The first-order chi connectivity index (χ1) is 6.77. The Labute approximate surface area is 98.8 Å². The third-order valence-electron chi connectivity index (χ3n) is 2.50. The van der Waals surface area contributed by atoms with Crippen LogP contribution in [0.1, 0.15) is 36.9 Å². The summed E-state index contributed by atoms with van der Waals surface area (Å²) in [4.78, 5) is 0. The van der Waals surface area contributed by atoms with Crippen LogP contribution in [-0.4, -0.2) is 0 Å². The predicted octanol–water partition coefficient (Wildman–Crippen LogP) is 3.64. The van der Waals surface area contributed by atoms with Gasteiger partial charge in [-0.25, -0.2) is 0 Å². The summed E-state index contributed by atoms with van der Waals surface area (Å²) >= 11 is 0. The lowest BCUT2D eigenvalue weighted by atomic mass is 10.0. The minimum atomic E-state index is 0. The molecule has 1 rings (SSSR count). The van der Waals surface area contributed by atoms with Gasteiger partial charge in [0.2, 0.25) is 0 Å². The van der Waals surface area contributed by atoms with Crippen molar-refractivity contribution in [2.24, 2.45) is 5.73 Å². The highest BCUT2D eigenvalue weighted by atomic mass is 35.5. The fourth-order valence-corrected chi connectivity index (χ4v) is 1.46. The van der Waals surface area contributed by atoms with Gasteiger partial charge in [-0.3, -0.25) is 0 Å². The largest absolute Gasteiger partial charge is 0.324 e. The van der Waals surface area contributed by atoms with Crippen LogP contribution in [0.2, 0.25) is 0 Å². The zero-order valence-electron chi connectivity index (χ0n) is 9.28. The van der Waals surface area contributed by atoms with Crippen molar-refractivity contribution in [1.82, 2.24) is 0 Å². The van der Waals surface area contributed by atoms with Gasteiger partial charge in [-0.05, 0) is 30.4 Å². The van der Waals surface area contributed by atoms with Crippen molar-refractivity contribution in [2.45, 2.75) is 32.2 Å². The molecule has 2 N–H and O–H groups in total. The van der Waals surface area contributed by atoms with E-state index in [1.807, 2.05) is 6.08 Å². The van der Waals surface area contributed by atoms with E-state index in [9.17, 15) is 0 Å². The van der Waals surface area contributed by atoms with E-state index in [0.29, 0.717) is 0 Å². The van der Waals surface area contributed by atoms with Gasteiger partial charge in [0.05, 0.1) is 0 Å². The van der Waals surface area contributed by atoms with Crippen molar-refractivity contribution in [3.8, 4) is 0 Å². The Morgan fingerprint density at radius 2 is 1.93 bits per heavy atom. The van der Waals surface area contributed by atoms with Crippen molar-refractivity contribution >= 4 is 12.4 Å². The molecule has 0 spiro atoms. The molecule has 0 heterocycles. The second-order valence-corrected chi connectivity index (χ2v) is 3.57. The fraction of sp³-hybridized carbons (Fsp3) is 0.385. The smallest absolute Gasteiger partial charge is 0.0297 e. The highest BCUT2D eigenvalue weighted by molar-refractivity contribution is 5.85. The van der Waals surface area contributed by atoms with Crippen LogP contribution in [0.4, 0.5) is 0 Å². The number of allylic oxidation sites excluding steroid dienone is 1. The standard InChI is InChI=1S/C13H19N.ClH/c1-3-5-6-13(14)12-9-7-11(4-2)8-10-12;/h3,7-10,13H,1,4-6,14H2,2H3;1H/t13-;/m0./s1. The number of hydrogen-bond acceptors (Lipinski definition) is 1. The molecule has 1 aromatic rings. The molecule has 0 aliphatic rings. The van der Waals surface area contributed by atoms with Crippen molar-refractivity contribution in [1.29, 1.82) is 0 Å². The van der Waals surface area contributed by atoms with Gasteiger partial charge >= 0.3 is 0 Å². The first-order valence-electron chi connectivity index (χ1n) is 5.23. The van der Waals surface area contributed by atoms with Gasteiger partial charge in [-0.2, -0.15) is 0 Å². The predicted molar refractivity (Wildman–Crippen MR) is 69.4 cm³/mol. The number of benzene rings is 1. The van der Waals surface area contributed by atoms with Crippen molar-refractivity contribution < 1.29 is 0 Å². The van der Waals surface area contributed by atoms with Crippen LogP contribution in [0.5, 0.6) is 0 Å². The second kappa shape index (κ2) is 7.49. The topological polar surface area (TPSA) is 26.0 Å². The maximum absolute atomic E-state index is 6.02. The maximum Gasteiger partial charge on any atom is 0.0297 e. The molecule has 1 aromatic carbocycles. The minimum absolute atomic E-state index is 0. The summed E-state index contributed by atoms with van der Waals surface area (Å²) in [5.41, 5.74) is 8.62. The number of aryl methyl sites for hydroxylation is 1. The van der Waals surface area contributed by atoms with E-state index in [4.69, 9.17) is 5.73 Å². The summed E-state index contributed by atoms with van der Waals surface area (Å²) in [6.45, 7) is 5.86. The number of halogens is 1. The zero-order chi connectivity index (χ0) is 10.4. The van der Waals surface area contributed by atoms with Crippen molar-refractivity contribution in [3.63, 3.8) is 0 Å². The summed E-state index contributed by atoms with van der Waals surface area (Å²) in [5, 5.41) is 0. The molecule has 2 heteroatoms. The maximum atomic E-state index is 6.02. The molecule has 0 radical (unpaired) electrons. The van der Waals surface area contributed by atoms with E-state index in [0.717, 1.165) is 19.3 Å². The van der Waals surface area contributed by atoms with Gasteiger partial charge in [0, 0.05) is 6.04 Å². The number of rotatable bonds is 5. The molecule has 0 aliphatic carbocycles. The van der Waals surface area contributed by atoms with Crippen molar-refractivity contribution in [3.05, 3.63) is 48.0 Å². The first kappa shape index (κ1) is 14.2. The SMILES string of the molecule is C=CCC[C@H](N)c1ccc(CC)cc1.Cl. The summed E-state index contributed by atoms with van der Waals surface area (Å²) in [5.74, 6) is 0. The average Bonchev–Trinajstić information content (AvgIpc) is 2.26. The van der Waals surface area contributed by atoms with E-state index in [1.54, 1.807) is 0 Å². The Bertz CT molecular complexity index is 279. The normalized spacial score (nSPS) is 11.6. The third kappa shape index (κ3) is 4.50. The molecule has 0 amide bonds. The Morgan fingerprint density at radius 3 is 2.40 bits per heavy atom. The Kier molecular flexibility index (Phi) is 7.10. The molecule has 0 bridgehead atoms. The van der Waals surface area contributed by atoms with Gasteiger partial charge in [0.15, 0.2) is 0 Å². The molecule has 0 saturated carbocycles. The fourth-order valence-electron chi connectivity index (χ4n) is 1.46. The van der Waals surface area contributed by atoms with E-state index in [1.165, 1.54) is 11.1 Å². The second-order valence-electron chi connectivity index (χ2n) is 3.57. The molecule has 1 nitrogen and oxygen atoms in total. The molecule has 0 unspecified atom stereocenters. The number of hydrogen-bond donors (Lipinski definition) is 1. The van der Waals surface area contributed by atoms with Crippen molar-refractivity contribution in [2.75, 3.05) is 0 Å². The molecular formula is C13H20ClN. The summed E-state index contributed by atoms with van der Waals surface area (Å²) < 4.78 is 0. The molecule has 0 saturated heterocycles. The lowest BCUT2D eigenvalue weighted by Crippen LogP contribution is -2.09. The molecule has 1 atom stereocenters. The van der Waals surface area contributed by atoms with Crippen LogP contribution in [-0.2, 0) is 6.42 Å². The minimum Gasteiger partial charge on any atom is -0.324 e. The Hall–Kier alpha value is -0.790. The van der Waals surface area contributed by atoms with Crippen LogP contribution >= 0.6 is 12.4 Å². The van der Waals surface area contributed by atoms with Crippen LogP contribution in [0, 0.1) is 0 Å². The van der Waals surface area contributed by atoms with Gasteiger partial charge in [0.1, 0.15) is 0 Å². The van der Waals surface area contributed by atoms with E-state index in [2.05, 4.69) is 37.8 Å². The molecule has 0 fully saturated rings. The van der Waals surface area contributed by atoms with Gasteiger partial charge in [-0.1, -0.05) is 37.3 Å². The highest BCUT2D eigenvalue weighted by Crippen LogP contribution is 2.16. The van der Waals surface area contributed by atoms with Crippen LogP contribution in [0.25, 0.3) is 0 Å². The first-order valence-corrected chi connectivity index (χ1v) is 5.23. The van der Waals surface area contributed by atoms with Crippen LogP contribution in [0.15, 0.2) is 36.9 Å². The highest BCUT2D eigenvalue weighted by Gasteiger charge is 2.03. The monoisotopic (exact) mass is 225 g/mol. The summed E-state index contributed by atoms with van der Waals surface area (Å²) in [7, 11) is 0. The average molecular weight is 226 g/mol. The lowest BCUT2D eigenvalue weighted by molar-refractivity contribution is 0.661. The van der Waals surface area contributed by atoms with Crippen LogP contribution < -0.4 is 5.73 Å². The van der Waals surface area contributed by atoms with Gasteiger partial charge in [0.25, 0.3) is 0 Å². The molecule has 0 aliphatic heterocycles.